The normalized spacial score (nSPS) is 11.4. The molecule has 0 N–H and O–H groups in total. The van der Waals surface area contributed by atoms with Crippen LogP contribution in [0.2, 0.25) is 0 Å². The van der Waals surface area contributed by atoms with Crippen molar-refractivity contribution in [1.82, 2.24) is 0 Å². The minimum atomic E-state index is -5.06. The summed E-state index contributed by atoms with van der Waals surface area (Å²) in [6.45, 7) is 1.42. The molecular formula is C15H9Br3F3N3O4. The molecule has 2 rings (SSSR count). The summed E-state index contributed by atoms with van der Waals surface area (Å²) in [4.78, 5) is 21.4. The summed E-state index contributed by atoms with van der Waals surface area (Å²) in [6.07, 6.45) is -5.06. The van der Waals surface area contributed by atoms with E-state index in [1.807, 2.05) is 0 Å². The van der Waals surface area contributed by atoms with Gasteiger partial charge in [0.25, 0.3) is 11.4 Å². The zero-order chi connectivity index (χ0) is 21.4. The molecule has 0 saturated heterocycles. The number of benzene rings is 2. The summed E-state index contributed by atoms with van der Waals surface area (Å²) < 4.78 is 42.5. The van der Waals surface area contributed by atoms with Crippen LogP contribution in [-0.4, -0.2) is 16.4 Å². The number of nitrogens with zero attached hydrogens (tertiary/aromatic N) is 3. The van der Waals surface area contributed by atoms with Crippen LogP contribution >= 0.6 is 47.8 Å². The summed E-state index contributed by atoms with van der Waals surface area (Å²) >= 11 is 9.74. The predicted molar refractivity (Wildman–Crippen MR) is 107 cm³/mol. The van der Waals surface area contributed by atoms with Gasteiger partial charge in [-0.05, 0) is 50.9 Å². The first-order valence-corrected chi connectivity index (χ1v) is 9.72. The second kappa shape index (κ2) is 8.33. The van der Waals surface area contributed by atoms with Crippen LogP contribution < -0.4 is 4.90 Å². The lowest BCUT2D eigenvalue weighted by Crippen LogP contribution is -2.23. The molecule has 0 aliphatic rings. The first kappa shape index (κ1) is 22.6. The number of anilines is 2. The maximum Gasteiger partial charge on any atom is 0.418 e. The highest BCUT2D eigenvalue weighted by Gasteiger charge is 2.42. The number of alkyl halides is 3. The first-order chi connectivity index (χ1) is 12.9. The largest absolute Gasteiger partial charge is 0.418 e. The fourth-order valence-corrected chi connectivity index (χ4v) is 5.26. The molecule has 13 heteroatoms. The van der Waals surface area contributed by atoms with Gasteiger partial charge in [0.05, 0.1) is 27.2 Å². The van der Waals surface area contributed by atoms with E-state index in [9.17, 15) is 33.4 Å². The topological polar surface area (TPSA) is 89.5 Å². The van der Waals surface area contributed by atoms with E-state index in [2.05, 4.69) is 47.8 Å². The SMILES string of the molecule is CCN(c1c(Br)cc(Br)cc1Br)c1c([N+](=O)[O-])cc([N+](=O)[O-])cc1C(F)(F)F. The molecule has 0 aliphatic heterocycles. The van der Waals surface area contributed by atoms with E-state index in [1.165, 1.54) is 6.92 Å². The van der Waals surface area contributed by atoms with Crippen molar-refractivity contribution < 1.29 is 23.0 Å². The fourth-order valence-electron chi connectivity index (χ4n) is 2.57. The Morgan fingerprint density at radius 1 is 0.964 bits per heavy atom. The number of non-ortho nitro benzene ring substituents is 1. The van der Waals surface area contributed by atoms with Gasteiger partial charge in [-0.15, -0.1) is 0 Å². The number of rotatable bonds is 5. The smallest absolute Gasteiger partial charge is 0.334 e. The van der Waals surface area contributed by atoms with Gasteiger partial charge in [-0.1, -0.05) is 15.9 Å². The highest BCUT2D eigenvalue weighted by molar-refractivity contribution is 9.11. The minimum absolute atomic E-state index is 0.0828. The summed E-state index contributed by atoms with van der Waals surface area (Å²) in [7, 11) is 0. The van der Waals surface area contributed by atoms with Gasteiger partial charge < -0.3 is 4.90 Å². The first-order valence-electron chi connectivity index (χ1n) is 7.34. The van der Waals surface area contributed by atoms with Crippen molar-refractivity contribution in [2.75, 3.05) is 11.4 Å². The Labute approximate surface area is 181 Å². The highest BCUT2D eigenvalue weighted by atomic mass is 79.9. The van der Waals surface area contributed by atoms with Crippen molar-refractivity contribution in [3.05, 3.63) is 63.5 Å². The molecule has 0 amide bonds. The van der Waals surface area contributed by atoms with E-state index in [0.29, 0.717) is 25.6 Å². The van der Waals surface area contributed by atoms with Crippen LogP contribution in [0, 0.1) is 20.2 Å². The van der Waals surface area contributed by atoms with Crippen molar-refractivity contribution in [1.29, 1.82) is 0 Å². The summed E-state index contributed by atoms with van der Waals surface area (Å²) in [6, 6.07) is 3.94. The van der Waals surface area contributed by atoms with E-state index in [4.69, 9.17) is 0 Å². The zero-order valence-corrected chi connectivity index (χ0v) is 18.5. The molecule has 28 heavy (non-hydrogen) atoms. The molecule has 2 aromatic rings. The lowest BCUT2D eigenvalue weighted by atomic mass is 10.1. The van der Waals surface area contributed by atoms with Crippen LogP contribution in [0.5, 0.6) is 0 Å². The summed E-state index contributed by atoms with van der Waals surface area (Å²) in [5.41, 5.74) is -4.10. The van der Waals surface area contributed by atoms with E-state index in [-0.39, 0.29) is 12.2 Å². The number of nitro benzene ring substituents is 2. The molecule has 0 bridgehead atoms. The van der Waals surface area contributed by atoms with E-state index in [1.54, 1.807) is 12.1 Å². The second-order valence-corrected chi connectivity index (χ2v) is 7.96. The quantitative estimate of drug-likeness (QED) is 0.277. The Bertz CT molecular complexity index is 947. The molecule has 2 aromatic carbocycles. The van der Waals surface area contributed by atoms with Crippen LogP contribution in [0.15, 0.2) is 37.7 Å². The summed E-state index contributed by atoms with van der Waals surface area (Å²) in [5, 5.41) is 22.5. The van der Waals surface area contributed by atoms with Crippen LogP contribution in [0.4, 0.5) is 35.9 Å². The van der Waals surface area contributed by atoms with Gasteiger partial charge >= 0.3 is 6.18 Å². The maximum absolute atomic E-state index is 13.7. The molecule has 0 aromatic heterocycles. The van der Waals surface area contributed by atoms with Crippen molar-refractivity contribution in [3.63, 3.8) is 0 Å². The van der Waals surface area contributed by atoms with Crippen molar-refractivity contribution in [3.8, 4) is 0 Å². The van der Waals surface area contributed by atoms with Crippen molar-refractivity contribution >= 4 is 70.5 Å². The van der Waals surface area contributed by atoms with Gasteiger partial charge in [-0.2, -0.15) is 13.2 Å². The van der Waals surface area contributed by atoms with Gasteiger partial charge in [0, 0.05) is 26.0 Å². The zero-order valence-electron chi connectivity index (χ0n) is 13.8. The Morgan fingerprint density at radius 3 is 1.89 bits per heavy atom. The molecular weight excluding hydrogens is 583 g/mol. The maximum atomic E-state index is 13.7. The predicted octanol–water partition coefficient (Wildman–Crippen LogP) is 6.97. The molecule has 0 atom stereocenters. The van der Waals surface area contributed by atoms with E-state index < -0.39 is 38.6 Å². The third-order valence-corrected chi connectivity index (χ3v) is 5.29. The third kappa shape index (κ3) is 4.46. The summed E-state index contributed by atoms with van der Waals surface area (Å²) in [5.74, 6) is 0. The third-order valence-electron chi connectivity index (χ3n) is 3.63. The van der Waals surface area contributed by atoms with Crippen LogP contribution in [0.25, 0.3) is 0 Å². The second-order valence-electron chi connectivity index (χ2n) is 5.34. The van der Waals surface area contributed by atoms with Crippen LogP contribution in [-0.2, 0) is 6.18 Å². The Hall–Kier alpha value is -1.73. The molecule has 0 aliphatic carbocycles. The molecule has 0 spiro atoms. The number of hydrogen-bond donors (Lipinski definition) is 0. The van der Waals surface area contributed by atoms with Gasteiger partial charge in [0.15, 0.2) is 0 Å². The fraction of sp³-hybridized carbons (Fsp3) is 0.200. The Balaban J connectivity index is 2.96. The molecule has 0 radical (unpaired) electrons. The average Bonchev–Trinajstić information content (AvgIpc) is 2.55. The van der Waals surface area contributed by atoms with Gasteiger partial charge in [-0.25, -0.2) is 0 Å². The Morgan fingerprint density at radius 2 is 1.50 bits per heavy atom. The molecule has 7 nitrogen and oxygen atoms in total. The minimum Gasteiger partial charge on any atom is -0.334 e. The monoisotopic (exact) mass is 589 g/mol. The van der Waals surface area contributed by atoms with E-state index in [0.717, 1.165) is 4.90 Å². The van der Waals surface area contributed by atoms with Gasteiger partial charge in [-0.3, -0.25) is 20.2 Å². The van der Waals surface area contributed by atoms with E-state index >= 15 is 0 Å². The van der Waals surface area contributed by atoms with Crippen molar-refractivity contribution in [2.24, 2.45) is 0 Å². The number of halogens is 6. The average molecular weight is 592 g/mol. The standard InChI is InChI=1S/C15H9Br3F3N3O4/c1-2-22(14-10(17)3-7(16)4-11(14)18)13-9(15(19,20)21)5-8(23(25)26)6-12(13)24(27)28/h3-6H,2H2,1H3. The van der Waals surface area contributed by atoms with Crippen LogP contribution in [0.3, 0.4) is 0 Å². The number of nitro groups is 2. The molecule has 150 valence electrons. The lowest BCUT2D eigenvalue weighted by Gasteiger charge is -2.28. The molecule has 0 unspecified atom stereocenters. The molecule has 0 fully saturated rings. The van der Waals surface area contributed by atoms with Crippen LogP contribution in [0.1, 0.15) is 12.5 Å². The number of hydrogen-bond acceptors (Lipinski definition) is 5. The van der Waals surface area contributed by atoms with Gasteiger partial charge in [0.1, 0.15) is 5.69 Å². The van der Waals surface area contributed by atoms with Gasteiger partial charge in [0.2, 0.25) is 0 Å². The lowest BCUT2D eigenvalue weighted by molar-refractivity contribution is -0.394. The Kier molecular flexibility index (Phi) is 6.71. The molecule has 0 heterocycles. The molecule has 0 saturated carbocycles. The van der Waals surface area contributed by atoms with Crippen molar-refractivity contribution in [2.45, 2.75) is 13.1 Å². The highest BCUT2D eigenvalue weighted by Crippen LogP contribution is 2.49.